The Kier molecular flexibility index (Phi) is 3.69. The van der Waals surface area contributed by atoms with Gasteiger partial charge in [-0.05, 0) is 18.2 Å². The Bertz CT molecular complexity index is 498. The zero-order chi connectivity index (χ0) is 11.5. The lowest BCUT2D eigenvalue weighted by molar-refractivity contribution is 0.416. The fourth-order valence-electron chi connectivity index (χ4n) is 1.34. The molecule has 0 N–H and O–H groups in total. The Labute approximate surface area is 108 Å². The van der Waals surface area contributed by atoms with Gasteiger partial charge in [0, 0.05) is 16.1 Å². The largest absolute Gasteiger partial charge is 0.496 e. The molecule has 0 atom stereocenters. The molecule has 0 aliphatic carbocycles. The number of methoxy groups -OCH3 is 1. The van der Waals surface area contributed by atoms with Crippen LogP contribution >= 0.6 is 34.5 Å². The van der Waals surface area contributed by atoms with E-state index in [9.17, 15) is 0 Å². The lowest BCUT2D eigenvalue weighted by Crippen LogP contribution is -1.86. The van der Waals surface area contributed by atoms with E-state index in [0.29, 0.717) is 10.9 Å². The first kappa shape index (κ1) is 11.7. The minimum Gasteiger partial charge on any atom is -0.496 e. The van der Waals surface area contributed by atoms with Gasteiger partial charge in [0.15, 0.2) is 0 Å². The molecule has 84 valence electrons. The second kappa shape index (κ2) is 5.04. The van der Waals surface area contributed by atoms with E-state index in [1.54, 1.807) is 30.7 Å². The predicted molar refractivity (Wildman–Crippen MR) is 68.7 cm³/mol. The third kappa shape index (κ3) is 2.32. The summed E-state index contributed by atoms with van der Waals surface area (Å²) >= 11 is 13.2. The molecule has 5 heteroatoms. The minimum atomic E-state index is 0.480. The monoisotopic (exact) mass is 273 g/mol. The molecular formula is C11H9Cl2NOS. The SMILES string of the molecule is COc1cc(Cl)ccc1-c1ncc(CCl)s1. The number of hydrogen-bond acceptors (Lipinski definition) is 3. The Morgan fingerprint density at radius 1 is 1.44 bits per heavy atom. The summed E-state index contributed by atoms with van der Waals surface area (Å²) in [5, 5.41) is 1.54. The molecule has 0 spiro atoms. The Balaban J connectivity index is 2.46. The average Bonchev–Trinajstić information content (AvgIpc) is 2.77. The van der Waals surface area contributed by atoms with Crippen molar-refractivity contribution < 1.29 is 4.74 Å². The maximum Gasteiger partial charge on any atom is 0.130 e. The number of thiazole rings is 1. The van der Waals surface area contributed by atoms with Crippen LogP contribution in [0.25, 0.3) is 10.6 Å². The van der Waals surface area contributed by atoms with E-state index in [0.717, 1.165) is 21.2 Å². The Morgan fingerprint density at radius 3 is 2.88 bits per heavy atom. The van der Waals surface area contributed by atoms with Gasteiger partial charge in [0.05, 0.1) is 18.6 Å². The van der Waals surface area contributed by atoms with Crippen LogP contribution in [0.3, 0.4) is 0 Å². The van der Waals surface area contributed by atoms with Gasteiger partial charge in [-0.1, -0.05) is 11.6 Å². The van der Waals surface area contributed by atoms with Gasteiger partial charge in [-0.15, -0.1) is 22.9 Å². The molecule has 0 unspecified atom stereocenters. The summed E-state index contributed by atoms with van der Waals surface area (Å²) < 4.78 is 5.27. The summed E-state index contributed by atoms with van der Waals surface area (Å²) in [6.07, 6.45) is 1.78. The summed E-state index contributed by atoms with van der Waals surface area (Å²) in [6, 6.07) is 5.50. The maximum atomic E-state index is 5.90. The molecule has 0 amide bonds. The Hall–Kier alpha value is -0.770. The molecule has 2 rings (SSSR count). The quantitative estimate of drug-likeness (QED) is 0.782. The molecule has 2 aromatic rings. The fourth-order valence-corrected chi connectivity index (χ4v) is 2.52. The molecule has 0 radical (unpaired) electrons. The molecule has 1 heterocycles. The number of benzene rings is 1. The van der Waals surface area contributed by atoms with Crippen molar-refractivity contribution in [2.75, 3.05) is 7.11 Å². The van der Waals surface area contributed by atoms with Crippen molar-refractivity contribution in [3.05, 3.63) is 34.3 Å². The van der Waals surface area contributed by atoms with Crippen LogP contribution in [0.1, 0.15) is 4.88 Å². The first-order valence-electron chi connectivity index (χ1n) is 4.59. The van der Waals surface area contributed by atoms with Gasteiger partial charge in [-0.25, -0.2) is 4.98 Å². The number of aromatic nitrogens is 1. The van der Waals surface area contributed by atoms with Crippen molar-refractivity contribution in [3.63, 3.8) is 0 Å². The van der Waals surface area contributed by atoms with E-state index in [2.05, 4.69) is 4.98 Å². The van der Waals surface area contributed by atoms with E-state index in [4.69, 9.17) is 27.9 Å². The summed E-state index contributed by atoms with van der Waals surface area (Å²) in [6.45, 7) is 0. The molecule has 0 saturated heterocycles. The maximum absolute atomic E-state index is 5.90. The fraction of sp³-hybridized carbons (Fsp3) is 0.182. The average molecular weight is 274 g/mol. The second-order valence-electron chi connectivity index (χ2n) is 3.11. The topological polar surface area (TPSA) is 22.1 Å². The van der Waals surface area contributed by atoms with Gasteiger partial charge in [-0.2, -0.15) is 0 Å². The predicted octanol–water partition coefficient (Wildman–Crippen LogP) is 4.21. The standard InChI is InChI=1S/C11H9Cl2NOS/c1-15-10-4-7(13)2-3-9(10)11-14-6-8(5-12)16-11/h2-4,6H,5H2,1H3. The van der Waals surface area contributed by atoms with E-state index in [-0.39, 0.29) is 0 Å². The summed E-state index contributed by atoms with van der Waals surface area (Å²) in [7, 11) is 1.62. The van der Waals surface area contributed by atoms with Crippen LogP contribution in [-0.2, 0) is 5.88 Å². The van der Waals surface area contributed by atoms with E-state index in [1.165, 1.54) is 0 Å². The normalized spacial score (nSPS) is 10.4. The number of rotatable bonds is 3. The summed E-state index contributed by atoms with van der Waals surface area (Å²) in [5.41, 5.74) is 0.938. The number of nitrogens with zero attached hydrogens (tertiary/aromatic N) is 1. The highest BCUT2D eigenvalue weighted by atomic mass is 35.5. The minimum absolute atomic E-state index is 0.480. The number of hydrogen-bond donors (Lipinski definition) is 0. The van der Waals surface area contributed by atoms with Crippen molar-refractivity contribution in [2.24, 2.45) is 0 Å². The van der Waals surface area contributed by atoms with Crippen LogP contribution in [-0.4, -0.2) is 12.1 Å². The third-order valence-electron chi connectivity index (χ3n) is 2.08. The van der Waals surface area contributed by atoms with Crippen molar-refractivity contribution in [1.29, 1.82) is 0 Å². The summed E-state index contributed by atoms with van der Waals surface area (Å²) in [4.78, 5) is 5.34. The molecule has 0 saturated carbocycles. The highest BCUT2D eigenvalue weighted by molar-refractivity contribution is 7.15. The van der Waals surface area contributed by atoms with Gasteiger partial charge in [-0.3, -0.25) is 0 Å². The van der Waals surface area contributed by atoms with Crippen molar-refractivity contribution >= 4 is 34.5 Å². The molecule has 0 aliphatic heterocycles. The number of ether oxygens (including phenoxy) is 1. The zero-order valence-corrected chi connectivity index (χ0v) is 10.9. The molecule has 0 aliphatic rings. The zero-order valence-electron chi connectivity index (χ0n) is 8.54. The van der Waals surface area contributed by atoms with Gasteiger partial charge >= 0.3 is 0 Å². The first-order valence-corrected chi connectivity index (χ1v) is 6.32. The smallest absolute Gasteiger partial charge is 0.130 e. The molecule has 1 aromatic carbocycles. The first-order chi connectivity index (χ1) is 7.74. The van der Waals surface area contributed by atoms with Crippen molar-refractivity contribution in [3.8, 4) is 16.3 Å². The Morgan fingerprint density at radius 2 is 2.25 bits per heavy atom. The lowest BCUT2D eigenvalue weighted by Gasteiger charge is -2.05. The lowest BCUT2D eigenvalue weighted by atomic mass is 10.2. The molecule has 1 aromatic heterocycles. The second-order valence-corrected chi connectivity index (χ2v) is 4.93. The molecule has 16 heavy (non-hydrogen) atoms. The molecule has 0 fully saturated rings. The highest BCUT2D eigenvalue weighted by Gasteiger charge is 2.10. The van der Waals surface area contributed by atoms with Crippen LogP contribution in [0.4, 0.5) is 0 Å². The third-order valence-corrected chi connectivity index (χ3v) is 3.79. The molecule has 2 nitrogen and oxygen atoms in total. The van der Waals surface area contributed by atoms with Crippen molar-refractivity contribution in [1.82, 2.24) is 4.98 Å². The van der Waals surface area contributed by atoms with Gasteiger partial charge in [0.2, 0.25) is 0 Å². The number of halogens is 2. The van der Waals surface area contributed by atoms with Gasteiger partial charge in [0.1, 0.15) is 10.8 Å². The van der Waals surface area contributed by atoms with Crippen LogP contribution in [0, 0.1) is 0 Å². The molecular weight excluding hydrogens is 265 g/mol. The van der Waals surface area contributed by atoms with Gasteiger partial charge in [0.25, 0.3) is 0 Å². The number of alkyl halides is 1. The van der Waals surface area contributed by atoms with Crippen LogP contribution in [0.5, 0.6) is 5.75 Å². The van der Waals surface area contributed by atoms with E-state index < -0.39 is 0 Å². The van der Waals surface area contributed by atoms with E-state index >= 15 is 0 Å². The molecule has 0 bridgehead atoms. The van der Waals surface area contributed by atoms with Crippen molar-refractivity contribution in [2.45, 2.75) is 5.88 Å². The van der Waals surface area contributed by atoms with E-state index in [1.807, 2.05) is 12.1 Å². The summed E-state index contributed by atoms with van der Waals surface area (Å²) in [5.74, 6) is 1.20. The van der Waals surface area contributed by atoms with Gasteiger partial charge < -0.3 is 4.74 Å². The van der Waals surface area contributed by atoms with Crippen LogP contribution in [0.2, 0.25) is 5.02 Å². The highest BCUT2D eigenvalue weighted by Crippen LogP contribution is 2.34. The van der Waals surface area contributed by atoms with Crippen LogP contribution in [0.15, 0.2) is 24.4 Å². The van der Waals surface area contributed by atoms with Crippen LogP contribution < -0.4 is 4.74 Å².